The molecular formula is C116H126F2N4O4Si4+4. The van der Waals surface area contributed by atoms with E-state index in [-0.39, 0.29) is 70.9 Å². The summed E-state index contributed by atoms with van der Waals surface area (Å²) in [5.74, 6) is -2.07. The van der Waals surface area contributed by atoms with Crippen molar-refractivity contribution in [2.24, 2.45) is 28.2 Å². The number of para-hydroxylation sites is 4. The second kappa shape index (κ2) is 33.2. The van der Waals surface area contributed by atoms with Gasteiger partial charge in [-0.15, -0.1) is 0 Å². The fourth-order valence-electron chi connectivity index (χ4n) is 19.2. The molecule has 0 radical (unpaired) electrons. The van der Waals surface area contributed by atoms with Crippen LogP contribution in [-0.2, 0) is 28.2 Å². The van der Waals surface area contributed by atoms with Crippen molar-refractivity contribution in [2.75, 3.05) is 0 Å². The van der Waals surface area contributed by atoms with Crippen LogP contribution in [0.25, 0.3) is 176 Å². The zero-order valence-electron chi connectivity index (χ0n) is 96.2. The predicted molar refractivity (Wildman–Crippen MR) is 559 cm³/mol. The van der Waals surface area contributed by atoms with Gasteiger partial charge in [-0.2, -0.15) is 18.3 Å². The van der Waals surface area contributed by atoms with E-state index in [0.717, 1.165) is 71.8 Å². The first-order chi connectivity index (χ1) is 67.7. The summed E-state index contributed by atoms with van der Waals surface area (Å²) in [6.07, 6.45) is 0. The molecule has 0 spiro atoms. The third-order valence-corrected chi connectivity index (χ3v) is 34.4. The molecule has 0 amide bonds. The zero-order valence-corrected chi connectivity index (χ0v) is 84.2. The van der Waals surface area contributed by atoms with Gasteiger partial charge in [0.1, 0.15) is 84.5 Å². The highest BCUT2D eigenvalue weighted by Crippen LogP contribution is 2.45. The standard InChI is InChI=1S/C30H33FNOSi.C30H34NOSi.C28H29FNOSi.C28H30NOSi/c1-17(2)20-9-12-25-24(14-20)28(34(6,7)8)16-26(32(25)5)29-19(4)18(3)13-23-22-11-10-21(31)15-27(22)33-30(23)29;1-18(2)21-13-14-25-24(16-21)28(33(6,7)8)17-26(31(25)5)29-20(4)19(3)15-23-22-11-9-10-12-27(22)32-30(23)29;1-16-9-8-10-21-25(32(5,6)7)15-23(30(4)27(16)21)26-18(3)17(2)13-22-20-12-11-19(29)14-24(20)31-28(22)26;1-17-11-10-13-21-25(31(5,6)7)16-23(29(4)27(17)21)26-19(3)18(2)15-22-20-12-8-9-14-24(20)30-28(22)26/h9-17H,1-8H3;9-18H,1-8H3;8-15H,1-7H3;8-16H,1-7H3/q4*+1/i17D;18D;2D3,8D,9D,10D,15D;2D3,10D,11D,13D,16D. The molecule has 0 bridgehead atoms. The van der Waals surface area contributed by atoms with Crippen molar-refractivity contribution in [3.8, 4) is 45.0 Å². The Morgan fingerprint density at radius 3 is 0.962 bits per heavy atom. The third-order valence-electron chi connectivity index (χ3n) is 26.6. The zero-order chi connectivity index (χ0) is 107. The summed E-state index contributed by atoms with van der Waals surface area (Å²) in [6.45, 7) is 45.4. The molecule has 8 heterocycles. The van der Waals surface area contributed by atoms with Crippen LogP contribution in [0.3, 0.4) is 0 Å². The molecule has 20 rings (SSSR count). The van der Waals surface area contributed by atoms with Gasteiger partial charge in [-0.25, -0.2) is 8.78 Å². The average Bonchev–Trinajstić information content (AvgIpc) is 1.24. The molecule has 8 aromatic heterocycles. The Kier molecular flexibility index (Phi) is 18.4. The highest BCUT2D eigenvalue weighted by atomic mass is 28.3. The van der Waals surface area contributed by atoms with Gasteiger partial charge in [-0.05, 0) is 242 Å². The van der Waals surface area contributed by atoms with Crippen molar-refractivity contribution in [2.45, 2.75) is 187 Å². The van der Waals surface area contributed by atoms with E-state index in [1.54, 1.807) is 69.1 Å². The van der Waals surface area contributed by atoms with Crippen LogP contribution in [0.1, 0.15) is 128 Å². The molecule has 660 valence electrons. The molecule has 0 aliphatic heterocycles. The Morgan fingerprint density at radius 2 is 0.623 bits per heavy atom. The molecule has 0 fully saturated rings. The van der Waals surface area contributed by atoms with E-state index in [1.807, 2.05) is 64.1 Å². The minimum Gasteiger partial charge on any atom is -0.455 e. The van der Waals surface area contributed by atoms with Gasteiger partial charge in [0.2, 0.25) is 44.8 Å². The molecule has 0 aliphatic rings. The summed E-state index contributed by atoms with van der Waals surface area (Å²) in [4.78, 5) is 0. The van der Waals surface area contributed by atoms with Crippen LogP contribution in [0, 0.1) is 80.7 Å². The summed E-state index contributed by atoms with van der Waals surface area (Å²) in [5.41, 5.74) is 24.1. The number of hydrogen-bond acceptors (Lipinski definition) is 4. The second-order valence-corrected chi connectivity index (χ2v) is 60.2. The summed E-state index contributed by atoms with van der Waals surface area (Å²) in [6, 6.07) is 49.9. The summed E-state index contributed by atoms with van der Waals surface area (Å²) >= 11 is 0. The van der Waals surface area contributed by atoms with E-state index in [2.05, 4.69) is 208 Å². The van der Waals surface area contributed by atoms with Gasteiger partial charge in [0.05, 0.1) is 65.5 Å². The van der Waals surface area contributed by atoms with Crippen LogP contribution in [0.5, 0.6) is 0 Å². The Hall–Kier alpha value is -11.8. The van der Waals surface area contributed by atoms with E-state index in [1.165, 1.54) is 84.3 Å². The smallest absolute Gasteiger partial charge is 0.216 e. The monoisotopic (exact) mass is 1800 g/mol. The van der Waals surface area contributed by atoms with Crippen LogP contribution in [0.2, 0.25) is 78.6 Å². The molecule has 8 nitrogen and oxygen atoms in total. The average molecular weight is 1810 g/mol. The molecule has 0 saturated carbocycles. The maximum atomic E-state index is 14.1. The van der Waals surface area contributed by atoms with Gasteiger partial charge < -0.3 is 17.7 Å². The van der Waals surface area contributed by atoms with Crippen LogP contribution in [0.4, 0.5) is 8.78 Å². The Morgan fingerprint density at radius 1 is 0.308 bits per heavy atom. The van der Waals surface area contributed by atoms with E-state index < -0.39 is 63.6 Å². The minimum atomic E-state index is -2.46. The number of aryl methyl sites for hydroxylation is 10. The second-order valence-electron chi connectivity index (χ2n) is 40.2. The van der Waals surface area contributed by atoms with Gasteiger partial charge >= 0.3 is 0 Å². The number of rotatable bonds is 10. The minimum absolute atomic E-state index is 0.0230. The number of benzene rings is 12. The summed E-state index contributed by atoms with van der Waals surface area (Å²) in [5, 5.41) is 14.5. The van der Waals surface area contributed by atoms with Crippen molar-refractivity contribution < 1.29 is 66.6 Å². The van der Waals surface area contributed by atoms with Gasteiger partial charge in [0, 0.05) is 135 Å². The predicted octanol–water partition coefficient (Wildman–Crippen LogP) is 28.7. The highest BCUT2D eigenvalue weighted by molar-refractivity contribution is 6.92. The van der Waals surface area contributed by atoms with Crippen molar-refractivity contribution in [3.63, 3.8) is 0 Å². The van der Waals surface area contributed by atoms with E-state index in [9.17, 15) is 11.5 Å². The number of pyridine rings is 4. The third kappa shape index (κ3) is 15.6. The number of halogens is 2. The molecule has 0 aliphatic carbocycles. The molecule has 0 atom stereocenters. The van der Waals surface area contributed by atoms with Crippen LogP contribution in [0.15, 0.2) is 224 Å². The number of fused-ring (bicyclic) bond motifs is 16. The highest BCUT2D eigenvalue weighted by Gasteiger charge is 2.37. The quantitative estimate of drug-likeness (QED) is 0.101. The SMILES string of the molecule is [2H]C(C)(C)c1ccc2c(c1)c([Si](C)(C)C)cc(-c1c(C)c(C)cc3c1oc1cc(F)ccc13)[n+]2C.[2H]C(C)(C)c1ccc2c(c1)c([Si](C)(C)C)cc(-c1c(C)c(C)cc3c1oc1ccccc13)[n+]2C.[2H]c1c([2H])c(C)c2c(c1[2H])c([Si](C)(C)C)c([2H])c(-c1c(C)c(C([2H])([2H])[2H])cc3c1oc1cc(F)ccc13)[n+]2C.[2H]c1c([2H])c(C)c2c(c1[2H])c([Si](C)(C)C)c([2H])c(-c1c(C)c(C([2H])([2H])[2H])cc3c1oc1ccccc13)[n+]2C. The van der Waals surface area contributed by atoms with Crippen LogP contribution in [-0.4, -0.2) is 32.3 Å². The molecule has 12 aromatic carbocycles. The number of furan rings is 4. The van der Waals surface area contributed by atoms with Crippen LogP contribution >= 0.6 is 0 Å². The molecular weight excluding hydrogens is 1660 g/mol. The molecule has 130 heavy (non-hydrogen) atoms. The van der Waals surface area contributed by atoms with E-state index >= 15 is 0 Å². The number of nitrogens with zero attached hydrogens (tertiary/aromatic N) is 4. The lowest BCUT2D eigenvalue weighted by molar-refractivity contribution is -0.633. The summed E-state index contributed by atoms with van der Waals surface area (Å²) < 4.78 is 199. The molecule has 0 saturated heterocycles. The van der Waals surface area contributed by atoms with Gasteiger partial charge in [0.25, 0.3) is 0 Å². The lowest BCUT2D eigenvalue weighted by Crippen LogP contribution is -2.43. The Bertz CT molecular complexity index is 9010. The van der Waals surface area contributed by atoms with E-state index in [0.29, 0.717) is 115 Å². The largest absolute Gasteiger partial charge is 0.455 e. The number of hydrogen-bond donors (Lipinski definition) is 0. The molecule has 14 heteroatoms. The molecule has 20 aromatic rings. The first-order valence-electron chi connectivity index (χ1n) is 52.7. The fourth-order valence-corrected chi connectivity index (χ4v) is 25.2. The lowest BCUT2D eigenvalue weighted by atomic mass is 9.95. The topological polar surface area (TPSA) is 68.1 Å². The normalized spacial score (nSPS) is 14.6. The first-order valence-corrected chi connectivity index (χ1v) is 58.7. The van der Waals surface area contributed by atoms with Crippen molar-refractivity contribution in [1.82, 2.24) is 0 Å². The van der Waals surface area contributed by atoms with Gasteiger partial charge in [0.15, 0.2) is 0 Å². The summed E-state index contributed by atoms with van der Waals surface area (Å²) in [7, 11) is -0.333. The fraction of sp³-hybridized carbons (Fsp3) is 0.276. The van der Waals surface area contributed by atoms with Crippen molar-refractivity contribution in [1.29, 1.82) is 0 Å². The van der Waals surface area contributed by atoms with Gasteiger partial charge in [-0.3, -0.25) is 0 Å². The van der Waals surface area contributed by atoms with Crippen molar-refractivity contribution in [3.05, 3.63) is 284 Å². The maximum absolute atomic E-state index is 14.1. The van der Waals surface area contributed by atoms with E-state index in [4.69, 9.17) is 36.9 Å². The first kappa shape index (κ1) is 72.0. The lowest BCUT2D eigenvalue weighted by Gasteiger charge is -2.21. The molecule has 0 unspecified atom stereocenters. The van der Waals surface area contributed by atoms with Crippen LogP contribution < -0.4 is 39.0 Å². The van der Waals surface area contributed by atoms with Gasteiger partial charge in [-0.1, -0.05) is 179 Å². The molecule has 0 N–H and O–H groups in total. The maximum Gasteiger partial charge on any atom is 0.216 e. The Balaban J connectivity index is 0.000000133. The van der Waals surface area contributed by atoms with Crippen molar-refractivity contribution >= 4 is 184 Å². The Labute approximate surface area is 791 Å². The number of aromatic nitrogens is 4.